The van der Waals surface area contributed by atoms with Crippen molar-refractivity contribution in [2.75, 3.05) is 35.6 Å². The van der Waals surface area contributed by atoms with Gasteiger partial charge >= 0.3 is 0 Å². The van der Waals surface area contributed by atoms with E-state index < -0.39 is 0 Å². The van der Waals surface area contributed by atoms with Crippen LogP contribution in [0.25, 0.3) is 0 Å². The molecule has 8 nitrogen and oxygen atoms in total. The average Bonchev–Trinajstić information content (AvgIpc) is 2.69. The van der Waals surface area contributed by atoms with E-state index in [0.29, 0.717) is 29.2 Å². The van der Waals surface area contributed by atoms with Gasteiger partial charge in [-0.1, -0.05) is 6.92 Å². The average molecular weight is 410 g/mol. The monoisotopic (exact) mass is 410 g/mol. The molecule has 0 unspecified atom stereocenters. The predicted octanol–water partition coefficient (Wildman–Crippen LogP) is 2.75. The van der Waals surface area contributed by atoms with Gasteiger partial charge in [0, 0.05) is 29.5 Å². The first-order valence-electron chi connectivity index (χ1n) is 9.57. The zero-order valence-corrected chi connectivity index (χ0v) is 17.3. The minimum Gasteiger partial charge on any atom is -0.326 e. The van der Waals surface area contributed by atoms with Gasteiger partial charge in [-0.25, -0.2) is 0 Å². The van der Waals surface area contributed by atoms with Gasteiger partial charge in [0.05, 0.1) is 13.1 Å². The predicted molar refractivity (Wildman–Crippen MR) is 117 cm³/mol. The number of benzene rings is 2. The lowest BCUT2D eigenvalue weighted by Crippen LogP contribution is -2.38. The molecule has 0 aliphatic carbocycles. The van der Waals surface area contributed by atoms with Crippen LogP contribution in [0.2, 0.25) is 0 Å². The zero-order chi connectivity index (χ0) is 22.1. The molecule has 2 rings (SSSR count). The maximum atomic E-state index is 12.3. The molecule has 8 heteroatoms. The summed E-state index contributed by atoms with van der Waals surface area (Å²) in [7, 11) is 0. The number of Topliss-reactive ketones (excluding diaryl/α,β-unsaturated/α-hetero) is 1. The third kappa shape index (κ3) is 7.48. The van der Waals surface area contributed by atoms with Gasteiger partial charge in [-0.05, 0) is 62.0 Å². The van der Waals surface area contributed by atoms with Gasteiger partial charge in [-0.3, -0.25) is 24.1 Å². The maximum absolute atomic E-state index is 12.3. The van der Waals surface area contributed by atoms with Crippen molar-refractivity contribution in [3.05, 3.63) is 54.1 Å². The van der Waals surface area contributed by atoms with E-state index in [-0.39, 0.29) is 36.6 Å². The first-order chi connectivity index (χ1) is 14.3. The third-order valence-corrected chi connectivity index (χ3v) is 4.25. The van der Waals surface area contributed by atoms with E-state index >= 15 is 0 Å². The van der Waals surface area contributed by atoms with Crippen LogP contribution < -0.4 is 16.0 Å². The van der Waals surface area contributed by atoms with Crippen molar-refractivity contribution < 1.29 is 19.2 Å². The third-order valence-electron chi connectivity index (χ3n) is 4.25. The molecule has 0 saturated carbocycles. The Morgan fingerprint density at radius 1 is 0.700 bits per heavy atom. The van der Waals surface area contributed by atoms with E-state index in [0.717, 1.165) is 0 Å². The molecule has 0 radical (unpaired) electrons. The van der Waals surface area contributed by atoms with E-state index in [9.17, 15) is 19.2 Å². The number of nitrogens with one attached hydrogen (secondary N) is 3. The number of hydrogen-bond acceptors (Lipinski definition) is 5. The Balaban J connectivity index is 1.85. The number of likely N-dealkylation sites (N-methyl/N-ethyl adjacent to an activating group) is 1. The molecule has 3 N–H and O–H groups in total. The van der Waals surface area contributed by atoms with Gasteiger partial charge in [0.2, 0.25) is 17.7 Å². The lowest BCUT2D eigenvalue weighted by Gasteiger charge is -2.19. The van der Waals surface area contributed by atoms with Crippen molar-refractivity contribution in [1.82, 2.24) is 4.90 Å². The number of nitrogens with zero attached hydrogens (tertiary/aromatic N) is 1. The van der Waals surface area contributed by atoms with Crippen molar-refractivity contribution in [3.8, 4) is 0 Å². The maximum Gasteiger partial charge on any atom is 0.238 e. The summed E-state index contributed by atoms with van der Waals surface area (Å²) < 4.78 is 0. The van der Waals surface area contributed by atoms with Crippen LogP contribution in [-0.2, 0) is 14.4 Å². The van der Waals surface area contributed by atoms with Crippen LogP contribution in [-0.4, -0.2) is 48.0 Å². The molecule has 3 amide bonds. The Hall–Kier alpha value is -3.52. The molecule has 158 valence electrons. The van der Waals surface area contributed by atoms with Gasteiger partial charge in [0.15, 0.2) is 5.78 Å². The van der Waals surface area contributed by atoms with Crippen LogP contribution in [0.4, 0.5) is 17.1 Å². The van der Waals surface area contributed by atoms with Crippen LogP contribution in [0.3, 0.4) is 0 Å². The SMILES string of the molecule is CCN(CC(=O)Nc1ccc(NC(C)=O)cc1)CC(=O)Nc1ccc(C(C)=O)cc1. The normalized spacial score (nSPS) is 10.4. The second-order valence-electron chi connectivity index (χ2n) is 6.79. The second-order valence-corrected chi connectivity index (χ2v) is 6.79. The lowest BCUT2D eigenvalue weighted by atomic mass is 10.1. The van der Waals surface area contributed by atoms with E-state index in [1.54, 1.807) is 53.4 Å². The van der Waals surface area contributed by atoms with Gasteiger partial charge in [-0.2, -0.15) is 0 Å². The highest BCUT2D eigenvalue weighted by atomic mass is 16.2. The summed E-state index contributed by atoms with van der Waals surface area (Å²) in [5.74, 6) is -0.707. The number of amides is 3. The van der Waals surface area contributed by atoms with Crippen molar-refractivity contribution >= 4 is 40.6 Å². The lowest BCUT2D eigenvalue weighted by molar-refractivity contribution is -0.120. The Kier molecular flexibility index (Phi) is 8.25. The molecule has 0 atom stereocenters. The Morgan fingerprint density at radius 2 is 1.10 bits per heavy atom. The standard InChI is InChI=1S/C22H26N4O4/c1-4-26(13-21(29)24-19-7-5-17(6-8-19)15(2)27)14-22(30)25-20-11-9-18(10-12-20)23-16(3)28/h5-12H,4,13-14H2,1-3H3,(H,23,28)(H,24,29)(H,25,30). The number of carbonyl (C=O) groups is 4. The van der Waals surface area contributed by atoms with Gasteiger partial charge in [0.25, 0.3) is 0 Å². The van der Waals surface area contributed by atoms with Crippen molar-refractivity contribution in [2.24, 2.45) is 0 Å². The number of hydrogen-bond donors (Lipinski definition) is 3. The topological polar surface area (TPSA) is 108 Å². The summed E-state index contributed by atoms with van der Waals surface area (Å²) in [5, 5.41) is 8.19. The Labute approximate surface area is 175 Å². The summed E-state index contributed by atoms with van der Waals surface area (Å²) in [6.07, 6.45) is 0. The molecule has 0 aliphatic rings. The number of carbonyl (C=O) groups excluding carboxylic acids is 4. The highest BCUT2D eigenvalue weighted by Gasteiger charge is 2.14. The highest BCUT2D eigenvalue weighted by Crippen LogP contribution is 2.14. The number of rotatable bonds is 9. The van der Waals surface area contributed by atoms with E-state index in [2.05, 4.69) is 16.0 Å². The molecule has 2 aromatic rings. The summed E-state index contributed by atoms with van der Waals surface area (Å²) >= 11 is 0. The van der Waals surface area contributed by atoms with Crippen molar-refractivity contribution in [1.29, 1.82) is 0 Å². The van der Waals surface area contributed by atoms with Crippen LogP contribution in [0.5, 0.6) is 0 Å². The van der Waals surface area contributed by atoms with Gasteiger partial charge in [-0.15, -0.1) is 0 Å². The minimum atomic E-state index is -0.250. The molecular weight excluding hydrogens is 384 g/mol. The fourth-order valence-electron chi connectivity index (χ4n) is 2.72. The highest BCUT2D eigenvalue weighted by molar-refractivity contribution is 5.97. The molecule has 0 aromatic heterocycles. The molecule has 0 fully saturated rings. The van der Waals surface area contributed by atoms with Crippen LogP contribution in [0, 0.1) is 0 Å². The fraction of sp³-hybridized carbons (Fsp3) is 0.273. The smallest absolute Gasteiger partial charge is 0.238 e. The Bertz CT molecular complexity index is 908. The summed E-state index contributed by atoms with van der Waals surface area (Å²) in [5.41, 5.74) is 2.40. The van der Waals surface area contributed by atoms with Crippen molar-refractivity contribution in [3.63, 3.8) is 0 Å². The van der Waals surface area contributed by atoms with E-state index in [4.69, 9.17) is 0 Å². The Morgan fingerprint density at radius 3 is 1.47 bits per heavy atom. The van der Waals surface area contributed by atoms with Gasteiger partial charge < -0.3 is 16.0 Å². The molecular formula is C22H26N4O4. The quantitative estimate of drug-likeness (QED) is 0.551. The summed E-state index contributed by atoms with van der Waals surface area (Å²) in [6.45, 7) is 5.40. The molecule has 0 spiro atoms. The van der Waals surface area contributed by atoms with Crippen molar-refractivity contribution in [2.45, 2.75) is 20.8 Å². The summed E-state index contributed by atoms with van der Waals surface area (Å²) in [6, 6.07) is 13.4. The van der Waals surface area contributed by atoms with Crippen LogP contribution >= 0.6 is 0 Å². The first kappa shape index (κ1) is 22.8. The molecule has 30 heavy (non-hydrogen) atoms. The summed E-state index contributed by atoms with van der Waals surface area (Å²) in [4.78, 5) is 48.6. The van der Waals surface area contributed by atoms with E-state index in [1.165, 1.54) is 13.8 Å². The van der Waals surface area contributed by atoms with E-state index in [1.807, 2.05) is 6.92 Å². The van der Waals surface area contributed by atoms with Crippen LogP contribution in [0.15, 0.2) is 48.5 Å². The van der Waals surface area contributed by atoms with Crippen LogP contribution in [0.1, 0.15) is 31.1 Å². The molecule has 2 aromatic carbocycles. The first-order valence-corrected chi connectivity index (χ1v) is 9.57. The molecule has 0 aliphatic heterocycles. The fourth-order valence-corrected chi connectivity index (χ4v) is 2.72. The number of ketones is 1. The second kappa shape index (κ2) is 10.9. The molecule has 0 bridgehead atoms. The minimum absolute atomic E-state index is 0.0409. The zero-order valence-electron chi connectivity index (χ0n) is 17.3. The molecule has 0 heterocycles. The number of anilines is 3. The largest absolute Gasteiger partial charge is 0.326 e. The van der Waals surface area contributed by atoms with Gasteiger partial charge in [0.1, 0.15) is 0 Å². The molecule has 0 saturated heterocycles.